The maximum absolute atomic E-state index is 13.1. The molecule has 2 unspecified atom stereocenters. The lowest BCUT2D eigenvalue weighted by Crippen LogP contribution is -2.42. The zero-order valence-electron chi connectivity index (χ0n) is 13.3. The molecule has 124 valence electrons. The van der Waals surface area contributed by atoms with Gasteiger partial charge in [0, 0.05) is 11.4 Å². The summed E-state index contributed by atoms with van der Waals surface area (Å²) in [4.78, 5) is 15.3. The Kier molecular flexibility index (Phi) is 6.02. The molecule has 0 bridgehead atoms. The Labute approximate surface area is 145 Å². The Balaban J connectivity index is 2.07. The summed E-state index contributed by atoms with van der Waals surface area (Å²) >= 11 is 7.39. The van der Waals surface area contributed by atoms with E-state index >= 15 is 0 Å². The number of carbonyl (C=O) groups excluding carboxylic acids is 1. The van der Waals surface area contributed by atoms with Crippen LogP contribution in [0.15, 0.2) is 36.4 Å². The molecule has 0 radical (unpaired) electrons. The fourth-order valence-electron chi connectivity index (χ4n) is 2.41. The van der Waals surface area contributed by atoms with Crippen LogP contribution in [0, 0.1) is 5.82 Å². The van der Waals surface area contributed by atoms with Crippen molar-refractivity contribution in [3.8, 4) is 0 Å². The number of amides is 2. The maximum Gasteiger partial charge on any atom is 0.318 e. The van der Waals surface area contributed by atoms with Crippen molar-refractivity contribution < 1.29 is 9.18 Å². The number of hydrogen-bond acceptors (Lipinski definition) is 2. The van der Waals surface area contributed by atoms with Crippen LogP contribution < -0.4 is 5.32 Å². The largest absolute Gasteiger partial charge is 0.331 e. The van der Waals surface area contributed by atoms with E-state index < -0.39 is 0 Å². The molecule has 0 aliphatic rings. The van der Waals surface area contributed by atoms with Crippen LogP contribution >= 0.6 is 22.9 Å². The minimum atomic E-state index is -0.281. The number of thiophene rings is 1. The molecule has 2 aromatic rings. The molecule has 2 atom stereocenters. The topological polar surface area (TPSA) is 32.3 Å². The third kappa shape index (κ3) is 4.45. The molecule has 0 saturated heterocycles. The summed E-state index contributed by atoms with van der Waals surface area (Å²) in [6, 6.07) is 9.56. The summed E-state index contributed by atoms with van der Waals surface area (Å²) in [5.74, 6) is -0.281. The van der Waals surface area contributed by atoms with Crippen molar-refractivity contribution in [3.63, 3.8) is 0 Å². The van der Waals surface area contributed by atoms with E-state index in [9.17, 15) is 9.18 Å². The smallest absolute Gasteiger partial charge is 0.318 e. The lowest BCUT2D eigenvalue weighted by molar-refractivity contribution is 0.180. The number of nitrogens with zero attached hydrogens (tertiary/aromatic N) is 1. The van der Waals surface area contributed by atoms with Gasteiger partial charge in [-0.05, 0) is 50.6 Å². The van der Waals surface area contributed by atoms with Gasteiger partial charge in [-0.1, -0.05) is 23.7 Å². The van der Waals surface area contributed by atoms with Crippen molar-refractivity contribution >= 4 is 29.0 Å². The molecule has 1 heterocycles. The van der Waals surface area contributed by atoms with Gasteiger partial charge in [0.15, 0.2) is 0 Å². The van der Waals surface area contributed by atoms with E-state index in [1.807, 2.05) is 32.9 Å². The van der Waals surface area contributed by atoms with Crippen LogP contribution in [0.3, 0.4) is 0 Å². The van der Waals surface area contributed by atoms with E-state index in [-0.39, 0.29) is 23.9 Å². The second kappa shape index (κ2) is 7.79. The monoisotopic (exact) mass is 354 g/mol. The third-order valence-electron chi connectivity index (χ3n) is 3.78. The Morgan fingerprint density at radius 3 is 2.43 bits per heavy atom. The second-order valence-corrected chi connectivity index (χ2v) is 7.07. The molecule has 0 fully saturated rings. The van der Waals surface area contributed by atoms with Crippen LogP contribution in [-0.4, -0.2) is 17.5 Å². The van der Waals surface area contributed by atoms with Crippen molar-refractivity contribution in [3.05, 3.63) is 57.0 Å². The lowest BCUT2D eigenvalue weighted by atomic mass is 10.1. The first kappa shape index (κ1) is 17.8. The Morgan fingerprint density at radius 2 is 1.91 bits per heavy atom. The van der Waals surface area contributed by atoms with E-state index in [2.05, 4.69) is 5.32 Å². The Hall–Kier alpha value is -1.59. The van der Waals surface area contributed by atoms with Crippen LogP contribution in [0.4, 0.5) is 9.18 Å². The minimum absolute atomic E-state index is 0.116. The van der Waals surface area contributed by atoms with Crippen LogP contribution in [0.25, 0.3) is 0 Å². The molecule has 2 rings (SSSR count). The van der Waals surface area contributed by atoms with Crippen molar-refractivity contribution in [1.29, 1.82) is 0 Å². The lowest BCUT2D eigenvalue weighted by Gasteiger charge is -2.30. The van der Waals surface area contributed by atoms with Crippen molar-refractivity contribution in [2.24, 2.45) is 0 Å². The number of halogens is 2. The maximum atomic E-state index is 13.1. The predicted molar refractivity (Wildman–Crippen MR) is 93.5 cm³/mol. The molecule has 3 nitrogen and oxygen atoms in total. The highest BCUT2D eigenvalue weighted by Gasteiger charge is 2.22. The standard InChI is InChI=1S/C17H20ClFN2OS/c1-4-21(12(3)13-5-7-14(19)8-6-13)17(22)20-11(2)15-9-10-16(18)23-15/h5-12H,4H2,1-3H3,(H,20,22). The van der Waals surface area contributed by atoms with Gasteiger partial charge >= 0.3 is 6.03 Å². The van der Waals surface area contributed by atoms with Crippen molar-refractivity contribution in [1.82, 2.24) is 10.2 Å². The summed E-state index contributed by atoms with van der Waals surface area (Å²) in [6.45, 7) is 6.34. The van der Waals surface area contributed by atoms with Gasteiger partial charge in [0.2, 0.25) is 0 Å². The molecular weight excluding hydrogens is 335 g/mol. The molecule has 23 heavy (non-hydrogen) atoms. The van der Waals surface area contributed by atoms with Gasteiger partial charge in [-0.2, -0.15) is 0 Å². The van der Waals surface area contributed by atoms with Gasteiger partial charge in [-0.3, -0.25) is 0 Å². The average molecular weight is 355 g/mol. The molecule has 6 heteroatoms. The van der Waals surface area contributed by atoms with Crippen LogP contribution in [0.5, 0.6) is 0 Å². The normalized spacial score (nSPS) is 13.4. The molecule has 0 aliphatic heterocycles. The highest BCUT2D eigenvalue weighted by atomic mass is 35.5. The van der Waals surface area contributed by atoms with Crippen LogP contribution in [0.1, 0.15) is 43.3 Å². The van der Waals surface area contributed by atoms with Gasteiger partial charge < -0.3 is 10.2 Å². The minimum Gasteiger partial charge on any atom is -0.331 e. The second-order valence-electron chi connectivity index (χ2n) is 5.33. The van der Waals surface area contributed by atoms with Gasteiger partial charge in [0.1, 0.15) is 5.82 Å². The SMILES string of the molecule is CCN(C(=O)NC(C)c1ccc(Cl)s1)C(C)c1ccc(F)cc1. The van der Waals surface area contributed by atoms with Gasteiger partial charge in [0.25, 0.3) is 0 Å². The summed E-state index contributed by atoms with van der Waals surface area (Å²) in [7, 11) is 0. The van der Waals surface area contributed by atoms with E-state index in [0.29, 0.717) is 10.9 Å². The first-order chi connectivity index (χ1) is 10.9. The Morgan fingerprint density at radius 1 is 1.26 bits per heavy atom. The van der Waals surface area contributed by atoms with E-state index in [4.69, 9.17) is 11.6 Å². The molecular formula is C17H20ClFN2OS. The third-order valence-corrected chi connectivity index (χ3v) is 5.20. The number of nitrogens with one attached hydrogen (secondary N) is 1. The molecule has 1 N–H and O–H groups in total. The Bertz CT molecular complexity index is 659. The van der Waals surface area contributed by atoms with Gasteiger partial charge in [-0.15, -0.1) is 11.3 Å². The van der Waals surface area contributed by atoms with Crippen molar-refractivity contribution in [2.75, 3.05) is 6.54 Å². The summed E-state index contributed by atoms with van der Waals surface area (Å²) in [5, 5.41) is 2.99. The first-order valence-corrected chi connectivity index (χ1v) is 8.69. The zero-order chi connectivity index (χ0) is 17.0. The van der Waals surface area contributed by atoms with Gasteiger partial charge in [-0.25, -0.2) is 9.18 Å². The number of carbonyl (C=O) groups is 1. The number of urea groups is 1. The summed E-state index contributed by atoms with van der Waals surface area (Å²) in [5.41, 5.74) is 0.898. The molecule has 0 saturated carbocycles. The zero-order valence-corrected chi connectivity index (χ0v) is 14.9. The molecule has 0 aliphatic carbocycles. The number of hydrogen-bond donors (Lipinski definition) is 1. The summed E-state index contributed by atoms with van der Waals surface area (Å²) in [6.07, 6.45) is 0. The number of rotatable bonds is 5. The highest BCUT2D eigenvalue weighted by Crippen LogP contribution is 2.27. The van der Waals surface area contributed by atoms with E-state index in [1.54, 1.807) is 17.0 Å². The molecule has 2 amide bonds. The predicted octanol–water partition coefficient (Wildman–Crippen LogP) is 5.39. The molecule has 1 aromatic heterocycles. The molecule has 1 aromatic carbocycles. The van der Waals surface area contributed by atoms with Crippen molar-refractivity contribution in [2.45, 2.75) is 32.9 Å². The highest BCUT2D eigenvalue weighted by molar-refractivity contribution is 7.16. The average Bonchev–Trinajstić information content (AvgIpc) is 2.95. The van der Waals surface area contributed by atoms with Crippen LogP contribution in [-0.2, 0) is 0 Å². The number of benzene rings is 1. The van der Waals surface area contributed by atoms with E-state index in [1.165, 1.54) is 23.5 Å². The first-order valence-electron chi connectivity index (χ1n) is 7.50. The molecule has 0 spiro atoms. The van der Waals surface area contributed by atoms with Gasteiger partial charge in [0.05, 0.1) is 16.4 Å². The fraction of sp³-hybridized carbons (Fsp3) is 0.353. The van der Waals surface area contributed by atoms with E-state index in [0.717, 1.165) is 10.4 Å². The fourth-order valence-corrected chi connectivity index (χ4v) is 3.48. The van der Waals surface area contributed by atoms with Crippen LogP contribution in [0.2, 0.25) is 4.34 Å². The summed E-state index contributed by atoms with van der Waals surface area (Å²) < 4.78 is 13.8. The quantitative estimate of drug-likeness (QED) is 0.766.